The van der Waals surface area contributed by atoms with Gasteiger partial charge in [-0.1, -0.05) is 19.9 Å². The summed E-state index contributed by atoms with van der Waals surface area (Å²) in [7, 11) is 0. The van der Waals surface area contributed by atoms with Gasteiger partial charge in [-0.25, -0.2) is 0 Å². The van der Waals surface area contributed by atoms with Gasteiger partial charge in [0.1, 0.15) is 5.75 Å². The van der Waals surface area contributed by atoms with E-state index in [1.807, 2.05) is 12.1 Å². The standard InChI is InChI=1S/C16H28N2O/c1-5-9-19-16-8-7-14(11-15(16)17)10-13(4)18-12(3)6-2/h7-8,11-13,18H,5-6,9-10,17H2,1-4H3. The number of benzene rings is 1. The van der Waals surface area contributed by atoms with Crippen LogP contribution in [0.5, 0.6) is 5.75 Å². The number of ether oxygens (including phenoxy) is 1. The summed E-state index contributed by atoms with van der Waals surface area (Å²) in [6.45, 7) is 9.43. The fraction of sp³-hybridized carbons (Fsp3) is 0.625. The highest BCUT2D eigenvalue weighted by Crippen LogP contribution is 2.23. The Hall–Kier alpha value is -1.22. The third-order valence-electron chi connectivity index (χ3n) is 3.26. The van der Waals surface area contributed by atoms with Crippen LogP contribution >= 0.6 is 0 Å². The molecule has 0 bridgehead atoms. The van der Waals surface area contributed by atoms with Crippen LogP contribution in [-0.2, 0) is 6.42 Å². The molecule has 1 aromatic carbocycles. The molecule has 3 heteroatoms. The molecular weight excluding hydrogens is 236 g/mol. The van der Waals surface area contributed by atoms with Gasteiger partial charge in [0.25, 0.3) is 0 Å². The first-order valence-electron chi connectivity index (χ1n) is 7.34. The highest BCUT2D eigenvalue weighted by molar-refractivity contribution is 5.54. The lowest BCUT2D eigenvalue weighted by Gasteiger charge is -2.19. The van der Waals surface area contributed by atoms with E-state index in [1.165, 1.54) is 5.56 Å². The van der Waals surface area contributed by atoms with Crippen molar-refractivity contribution in [3.05, 3.63) is 23.8 Å². The maximum absolute atomic E-state index is 6.02. The molecule has 1 rings (SSSR count). The van der Waals surface area contributed by atoms with Crippen LogP contribution in [0.2, 0.25) is 0 Å². The first kappa shape index (κ1) is 15.8. The van der Waals surface area contributed by atoms with E-state index in [-0.39, 0.29) is 0 Å². The van der Waals surface area contributed by atoms with Crippen molar-refractivity contribution in [3.8, 4) is 5.75 Å². The van der Waals surface area contributed by atoms with Crippen LogP contribution in [0.3, 0.4) is 0 Å². The minimum absolute atomic E-state index is 0.455. The summed E-state index contributed by atoms with van der Waals surface area (Å²) >= 11 is 0. The summed E-state index contributed by atoms with van der Waals surface area (Å²) in [6, 6.07) is 7.13. The molecule has 0 amide bonds. The molecule has 19 heavy (non-hydrogen) atoms. The van der Waals surface area contributed by atoms with Gasteiger partial charge in [-0.05, 0) is 50.8 Å². The van der Waals surface area contributed by atoms with Crippen molar-refractivity contribution in [2.75, 3.05) is 12.3 Å². The smallest absolute Gasteiger partial charge is 0.142 e. The predicted octanol–water partition coefficient (Wildman–Crippen LogP) is 3.38. The normalized spacial score (nSPS) is 14.1. The van der Waals surface area contributed by atoms with Gasteiger partial charge in [0.05, 0.1) is 12.3 Å². The lowest BCUT2D eigenvalue weighted by Crippen LogP contribution is -2.35. The van der Waals surface area contributed by atoms with Crippen molar-refractivity contribution in [3.63, 3.8) is 0 Å². The Labute approximate surface area is 117 Å². The molecule has 0 saturated heterocycles. The second kappa shape index (κ2) is 8.05. The number of anilines is 1. The van der Waals surface area contributed by atoms with Crippen LogP contribution in [0.25, 0.3) is 0 Å². The van der Waals surface area contributed by atoms with Crippen molar-refractivity contribution < 1.29 is 4.74 Å². The van der Waals surface area contributed by atoms with Gasteiger partial charge in [0.2, 0.25) is 0 Å². The van der Waals surface area contributed by atoms with E-state index in [9.17, 15) is 0 Å². The largest absolute Gasteiger partial charge is 0.491 e. The van der Waals surface area contributed by atoms with E-state index < -0.39 is 0 Å². The van der Waals surface area contributed by atoms with Gasteiger partial charge < -0.3 is 15.8 Å². The minimum Gasteiger partial charge on any atom is -0.491 e. The van der Waals surface area contributed by atoms with Crippen LogP contribution in [0, 0.1) is 0 Å². The Kier molecular flexibility index (Phi) is 6.71. The van der Waals surface area contributed by atoms with E-state index in [2.05, 4.69) is 39.1 Å². The van der Waals surface area contributed by atoms with E-state index in [4.69, 9.17) is 10.5 Å². The lowest BCUT2D eigenvalue weighted by atomic mass is 10.0. The van der Waals surface area contributed by atoms with E-state index in [1.54, 1.807) is 0 Å². The highest BCUT2D eigenvalue weighted by Gasteiger charge is 2.08. The zero-order valence-corrected chi connectivity index (χ0v) is 12.7. The van der Waals surface area contributed by atoms with Gasteiger partial charge in [-0.15, -0.1) is 0 Å². The van der Waals surface area contributed by atoms with Crippen molar-refractivity contribution in [1.29, 1.82) is 0 Å². The fourth-order valence-electron chi connectivity index (χ4n) is 2.08. The average Bonchev–Trinajstić information content (AvgIpc) is 2.37. The van der Waals surface area contributed by atoms with Crippen LogP contribution in [0.15, 0.2) is 18.2 Å². The van der Waals surface area contributed by atoms with Gasteiger partial charge in [0.15, 0.2) is 0 Å². The molecule has 0 aromatic heterocycles. The molecule has 2 unspecified atom stereocenters. The Morgan fingerprint density at radius 2 is 1.95 bits per heavy atom. The monoisotopic (exact) mass is 264 g/mol. The van der Waals surface area contributed by atoms with E-state index in [0.717, 1.165) is 37.3 Å². The predicted molar refractivity (Wildman–Crippen MR) is 82.7 cm³/mol. The zero-order chi connectivity index (χ0) is 14.3. The molecule has 0 fully saturated rings. The SMILES string of the molecule is CCCOc1ccc(CC(C)NC(C)CC)cc1N. The van der Waals surface area contributed by atoms with Crippen LogP contribution in [0.4, 0.5) is 5.69 Å². The fourth-order valence-corrected chi connectivity index (χ4v) is 2.08. The maximum atomic E-state index is 6.02. The molecule has 0 radical (unpaired) electrons. The molecule has 2 atom stereocenters. The number of nitrogens with two attached hydrogens (primary N) is 1. The third-order valence-corrected chi connectivity index (χ3v) is 3.26. The van der Waals surface area contributed by atoms with Crippen LogP contribution in [0.1, 0.15) is 46.1 Å². The zero-order valence-electron chi connectivity index (χ0n) is 12.7. The van der Waals surface area contributed by atoms with Crippen molar-refractivity contribution in [1.82, 2.24) is 5.32 Å². The first-order valence-corrected chi connectivity index (χ1v) is 7.34. The molecule has 1 aromatic rings. The summed E-state index contributed by atoms with van der Waals surface area (Å²) in [6.07, 6.45) is 3.13. The Morgan fingerprint density at radius 3 is 2.53 bits per heavy atom. The molecule has 0 aliphatic carbocycles. The average molecular weight is 264 g/mol. The van der Waals surface area contributed by atoms with Crippen molar-refractivity contribution in [2.24, 2.45) is 0 Å². The molecule has 0 spiro atoms. The molecule has 3 nitrogen and oxygen atoms in total. The second-order valence-corrected chi connectivity index (χ2v) is 5.30. The number of rotatable bonds is 8. The number of nitrogens with one attached hydrogen (secondary N) is 1. The van der Waals surface area contributed by atoms with Crippen LogP contribution < -0.4 is 15.8 Å². The summed E-state index contributed by atoms with van der Waals surface area (Å²) in [5, 5.41) is 3.57. The molecule has 0 aliphatic rings. The molecular formula is C16H28N2O. The Balaban J connectivity index is 2.57. The minimum atomic E-state index is 0.455. The number of nitrogen functional groups attached to an aromatic ring is 1. The molecule has 0 saturated carbocycles. The summed E-state index contributed by atoms with van der Waals surface area (Å²) < 4.78 is 5.59. The maximum Gasteiger partial charge on any atom is 0.142 e. The second-order valence-electron chi connectivity index (χ2n) is 5.30. The summed E-state index contributed by atoms with van der Waals surface area (Å²) in [5.74, 6) is 0.799. The highest BCUT2D eigenvalue weighted by atomic mass is 16.5. The summed E-state index contributed by atoms with van der Waals surface area (Å²) in [4.78, 5) is 0. The van der Waals surface area contributed by atoms with E-state index in [0.29, 0.717) is 12.1 Å². The number of hydrogen-bond acceptors (Lipinski definition) is 3. The molecule has 108 valence electrons. The quantitative estimate of drug-likeness (QED) is 0.708. The van der Waals surface area contributed by atoms with Gasteiger partial charge in [-0.2, -0.15) is 0 Å². The third kappa shape index (κ3) is 5.52. The Bertz CT molecular complexity index is 379. The Morgan fingerprint density at radius 1 is 1.21 bits per heavy atom. The van der Waals surface area contributed by atoms with Gasteiger partial charge in [-0.3, -0.25) is 0 Å². The topological polar surface area (TPSA) is 47.3 Å². The van der Waals surface area contributed by atoms with E-state index >= 15 is 0 Å². The van der Waals surface area contributed by atoms with Gasteiger partial charge in [0, 0.05) is 12.1 Å². The van der Waals surface area contributed by atoms with Gasteiger partial charge >= 0.3 is 0 Å². The van der Waals surface area contributed by atoms with Crippen molar-refractivity contribution in [2.45, 2.75) is 59.0 Å². The molecule has 3 N–H and O–H groups in total. The summed E-state index contributed by atoms with van der Waals surface area (Å²) in [5.41, 5.74) is 8.01. The first-order chi connectivity index (χ1) is 9.06. The molecule has 0 heterocycles. The lowest BCUT2D eigenvalue weighted by molar-refractivity contribution is 0.319. The van der Waals surface area contributed by atoms with Crippen LogP contribution in [-0.4, -0.2) is 18.7 Å². The van der Waals surface area contributed by atoms with Crippen molar-refractivity contribution >= 4 is 5.69 Å². The molecule has 0 aliphatic heterocycles. The number of hydrogen-bond donors (Lipinski definition) is 2.